The Bertz CT molecular complexity index is 472. The van der Waals surface area contributed by atoms with E-state index in [9.17, 15) is 0 Å². The van der Waals surface area contributed by atoms with Gasteiger partial charge in [0.05, 0.1) is 7.11 Å². The standard InChI is InChI=1S/C10H10N4O/c1-15-10-8(12-5-6-14-10)7-3-2-4-13-9(7)11/h2-6H,1H3,(H2,11,13). The zero-order valence-electron chi connectivity index (χ0n) is 8.21. The summed E-state index contributed by atoms with van der Waals surface area (Å²) in [6.45, 7) is 0. The fourth-order valence-electron chi connectivity index (χ4n) is 1.28. The molecule has 0 saturated carbocycles. The Morgan fingerprint density at radius 3 is 2.67 bits per heavy atom. The predicted molar refractivity (Wildman–Crippen MR) is 56.2 cm³/mol. The zero-order valence-corrected chi connectivity index (χ0v) is 8.21. The number of aromatic nitrogens is 3. The van der Waals surface area contributed by atoms with Crippen LogP contribution < -0.4 is 10.5 Å². The number of ether oxygens (including phenoxy) is 1. The van der Waals surface area contributed by atoms with Crippen LogP contribution in [0.15, 0.2) is 30.7 Å². The van der Waals surface area contributed by atoms with Crippen LogP contribution in [-0.2, 0) is 0 Å². The molecule has 0 radical (unpaired) electrons. The SMILES string of the molecule is COc1nccnc1-c1cccnc1N. The van der Waals surface area contributed by atoms with Crippen molar-refractivity contribution in [2.45, 2.75) is 0 Å². The molecule has 2 aromatic heterocycles. The van der Waals surface area contributed by atoms with Gasteiger partial charge in [0.2, 0.25) is 5.88 Å². The van der Waals surface area contributed by atoms with Gasteiger partial charge in [-0.05, 0) is 12.1 Å². The quantitative estimate of drug-likeness (QED) is 0.790. The maximum absolute atomic E-state index is 5.74. The number of nitrogen functional groups attached to an aromatic ring is 1. The third-order valence-corrected chi connectivity index (χ3v) is 1.95. The molecule has 0 aliphatic carbocycles. The topological polar surface area (TPSA) is 73.9 Å². The van der Waals surface area contributed by atoms with E-state index in [2.05, 4.69) is 15.0 Å². The summed E-state index contributed by atoms with van der Waals surface area (Å²) in [6.07, 6.45) is 4.78. The van der Waals surface area contributed by atoms with Crippen LogP contribution in [0.3, 0.4) is 0 Å². The van der Waals surface area contributed by atoms with Crippen LogP contribution in [-0.4, -0.2) is 22.1 Å². The monoisotopic (exact) mass is 202 g/mol. The Morgan fingerprint density at radius 2 is 1.93 bits per heavy atom. The third kappa shape index (κ3) is 1.71. The molecule has 2 rings (SSSR count). The van der Waals surface area contributed by atoms with E-state index in [0.29, 0.717) is 17.4 Å². The molecule has 2 aromatic rings. The van der Waals surface area contributed by atoms with Crippen LogP contribution in [0, 0.1) is 0 Å². The smallest absolute Gasteiger partial charge is 0.240 e. The van der Waals surface area contributed by atoms with E-state index in [-0.39, 0.29) is 0 Å². The van der Waals surface area contributed by atoms with Crippen molar-refractivity contribution >= 4 is 5.82 Å². The second kappa shape index (κ2) is 3.91. The Morgan fingerprint density at radius 1 is 1.13 bits per heavy atom. The summed E-state index contributed by atoms with van der Waals surface area (Å²) in [5, 5.41) is 0. The van der Waals surface area contributed by atoms with E-state index in [0.717, 1.165) is 5.56 Å². The summed E-state index contributed by atoms with van der Waals surface area (Å²) in [7, 11) is 1.54. The third-order valence-electron chi connectivity index (χ3n) is 1.95. The van der Waals surface area contributed by atoms with Crippen molar-refractivity contribution in [2.75, 3.05) is 12.8 Å². The van der Waals surface area contributed by atoms with Crippen molar-refractivity contribution in [3.63, 3.8) is 0 Å². The molecular weight excluding hydrogens is 192 g/mol. The Hall–Kier alpha value is -2.17. The van der Waals surface area contributed by atoms with Crippen molar-refractivity contribution in [3.05, 3.63) is 30.7 Å². The highest BCUT2D eigenvalue weighted by Crippen LogP contribution is 2.27. The first kappa shape index (κ1) is 9.39. The van der Waals surface area contributed by atoms with Gasteiger partial charge in [0.1, 0.15) is 11.5 Å². The van der Waals surface area contributed by atoms with Gasteiger partial charge in [-0.15, -0.1) is 0 Å². The molecule has 5 nitrogen and oxygen atoms in total. The molecular formula is C10H10N4O. The highest BCUT2D eigenvalue weighted by atomic mass is 16.5. The molecule has 0 saturated heterocycles. The number of pyridine rings is 1. The van der Waals surface area contributed by atoms with Crippen LogP contribution in [0.4, 0.5) is 5.82 Å². The molecule has 0 fully saturated rings. The van der Waals surface area contributed by atoms with Crippen LogP contribution in [0.2, 0.25) is 0 Å². The molecule has 0 unspecified atom stereocenters. The maximum atomic E-state index is 5.74. The number of hydrogen-bond acceptors (Lipinski definition) is 5. The number of anilines is 1. The largest absolute Gasteiger partial charge is 0.479 e. The molecule has 0 aliphatic heterocycles. The highest BCUT2D eigenvalue weighted by Gasteiger charge is 2.10. The Balaban J connectivity index is 2.59. The first-order chi connectivity index (χ1) is 7.33. The average molecular weight is 202 g/mol. The summed E-state index contributed by atoms with van der Waals surface area (Å²) in [4.78, 5) is 12.2. The maximum Gasteiger partial charge on any atom is 0.240 e. The van der Waals surface area contributed by atoms with Gasteiger partial charge >= 0.3 is 0 Å². The second-order valence-electron chi connectivity index (χ2n) is 2.85. The van der Waals surface area contributed by atoms with Gasteiger partial charge in [-0.3, -0.25) is 0 Å². The lowest BCUT2D eigenvalue weighted by atomic mass is 10.2. The van der Waals surface area contributed by atoms with Gasteiger partial charge in [0, 0.05) is 24.2 Å². The van der Waals surface area contributed by atoms with Crippen LogP contribution >= 0.6 is 0 Å². The van der Waals surface area contributed by atoms with Crippen LogP contribution in [0.25, 0.3) is 11.3 Å². The van der Waals surface area contributed by atoms with Crippen molar-refractivity contribution in [2.24, 2.45) is 0 Å². The molecule has 2 heterocycles. The minimum Gasteiger partial charge on any atom is -0.479 e. The number of methoxy groups -OCH3 is 1. The normalized spacial score (nSPS) is 9.93. The fraction of sp³-hybridized carbons (Fsp3) is 0.100. The zero-order chi connectivity index (χ0) is 10.7. The number of nitrogens with zero attached hydrogens (tertiary/aromatic N) is 3. The lowest BCUT2D eigenvalue weighted by Gasteiger charge is -2.06. The van der Waals surface area contributed by atoms with Crippen LogP contribution in [0.1, 0.15) is 0 Å². The van der Waals surface area contributed by atoms with E-state index in [1.165, 1.54) is 0 Å². The van der Waals surface area contributed by atoms with Gasteiger partial charge in [-0.2, -0.15) is 0 Å². The summed E-state index contributed by atoms with van der Waals surface area (Å²) >= 11 is 0. The summed E-state index contributed by atoms with van der Waals surface area (Å²) in [5.74, 6) is 0.855. The first-order valence-electron chi connectivity index (χ1n) is 4.39. The molecule has 15 heavy (non-hydrogen) atoms. The molecule has 0 aromatic carbocycles. The summed E-state index contributed by atoms with van der Waals surface area (Å²) in [6, 6.07) is 3.62. The molecule has 0 aliphatic rings. The average Bonchev–Trinajstić information content (AvgIpc) is 2.30. The summed E-state index contributed by atoms with van der Waals surface area (Å²) in [5.41, 5.74) is 7.07. The van der Waals surface area contributed by atoms with E-state index in [1.807, 2.05) is 6.07 Å². The number of hydrogen-bond donors (Lipinski definition) is 1. The molecule has 0 amide bonds. The van der Waals surface area contributed by atoms with Crippen molar-refractivity contribution in [1.82, 2.24) is 15.0 Å². The number of rotatable bonds is 2. The minimum atomic E-state index is 0.413. The number of nitrogens with two attached hydrogens (primary N) is 1. The van der Waals surface area contributed by atoms with E-state index in [4.69, 9.17) is 10.5 Å². The van der Waals surface area contributed by atoms with E-state index < -0.39 is 0 Å². The lowest BCUT2D eigenvalue weighted by molar-refractivity contribution is 0.398. The van der Waals surface area contributed by atoms with Gasteiger partial charge in [-0.25, -0.2) is 15.0 Å². The molecule has 5 heteroatoms. The van der Waals surface area contributed by atoms with Crippen LogP contribution in [0.5, 0.6) is 5.88 Å². The summed E-state index contributed by atoms with van der Waals surface area (Å²) < 4.78 is 5.10. The fourth-order valence-corrected chi connectivity index (χ4v) is 1.28. The van der Waals surface area contributed by atoms with Crippen molar-refractivity contribution < 1.29 is 4.74 Å². The van der Waals surface area contributed by atoms with Gasteiger partial charge in [0.15, 0.2) is 0 Å². The van der Waals surface area contributed by atoms with E-state index >= 15 is 0 Å². The van der Waals surface area contributed by atoms with Gasteiger partial charge in [-0.1, -0.05) is 0 Å². The molecule has 2 N–H and O–H groups in total. The Kier molecular flexibility index (Phi) is 2.45. The lowest BCUT2D eigenvalue weighted by Crippen LogP contribution is -1.98. The van der Waals surface area contributed by atoms with Crippen molar-refractivity contribution in [3.8, 4) is 17.1 Å². The minimum absolute atomic E-state index is 0.413. The molecule has 0 bridgehead atoms. The predicted octanol–water partition coefficient (Wildman–Crippen LogP) is 1.13. The van der Waals surface area contributed by atoms with Crippen molar-refractivity contribution in [1.29, 1.82) is 0 Å². The molecule has 0 atom stereocenters. The highest BCUT2D eigenvalue weighted by molar-refractivity contribution is 5.73. The first-order valence-corrected chi connectivity index (χ1v) is 4.39. The van der Waals surface area contributed by atoms with Gasteiger partial charge < -0.3 is 10.5 Å². The Labute approximate surface area is 87.0 Å². The second-order valence-corrected chi connectivity index (χ2v) is 2.85. The van der Waals surface area contributed by atoms with Gasteiger partial charge in [0.25, 0.3) is 0 Å². The molecule has 76 valence electrons. The van der Waals surface area contributed by atoms with E-state index in [1.54, 1.807) is 31.8 Å². The molecule has 0 spiro atoms.